The van der Waals surface area contributed by atoms with Gasteiger partial charge in [-0.3, -0.25) is 18.9 Å². The van der Waals surface area contributed by atoms with E-state index in [1.165, 1.54) is 18.2 Å². The summed E-state index contributed by atoms with van der Waals surface area (Å²) in [6.07, 6.45) is 0. The van der Waals surface area contributed by atoms with Gasteiger partial charge in [0.1, 0.15) is 5.75 Å². The van der Waals surface area contributed by atoms with Gasteiger partial charge in [0.15, 0.2) is 16.8 Å². The molecule has 2 aromatic carbocycles. The summed E-state index contributed by atoms with van der Waals surface area (Å²) in [6, 6.07) is 8.33. The van der Waals surface area contributed by atoms with E-state index in [1.807, 2.05) is 0 Å². The predicted molar refractivity (Wildman–Crippen MR) is 91.1 cm³/mol. The second-order valence-electron chi connectivity index (χ2n) is 5.73. The SMILES string of the molecule is CC(C(=O)Nc1ccc(O)c2c1C(=O)c1ccccc1C2=O)S(=O)(=O)O. The molecule has 0 bridgehead atoms. The molecule has 0 spiro atoms. The van der Waals surface area contributed by atoms with Crippen LogP contribution in [0.1, 0.15) is 38.8 Å². The fourth-order valence-corrected chi connectivity index (χ4v) is 3.01. The van der Waals surface area contributed by atoms with Crippen molar-refractivity contribution >= 4 is 33.3 Å². The van der Waals surface area contributed by atoms with Gasteiger partial charge in [0.2, 0.25) is 5.91 Å². The highest BCUT2D eigenvalue weighted by Gasteiger charge is 2.35. The summed E-state index contributed by atoms with van der Waals surface area (Å²) in [7, 11) is -4.64. The van der Waals surface area contributed by atoms with Crippen LogP contribution in [0.25, 0.3) is 0 Å². The third-order valence-electron chi connectivity index (χ3n) is 4.13. The molecule has 1 amide bonds. The minimum absolute atomic E-state index is 0.105. The van der Waals surface area contributed by atoms with Crippen molar-refractivity contribution in [3.05, 3.63) is 58.7 Å². The highest BCUT2D eigenvalue weighted by atomic mass is 32.2. The van der Waals surface area contributed by atoms with Crippen molar-refractivity contribution in [2.24, 2.45) is 0 Å². The summed E-state index contributed by atoms with van der Waals surface area (Å²) in [6.45, 7) is 0.972. The van der Waals surface area contributed by atoms with Crippen LogP contribution in [0.15, 0.2) is 36.4 Å². The molecule has 0 aromatic heterocycles. The molecule has 0 radical (unpaired) electrons. The number of carbonyl (C=O) groups is 3. The number of hydrogen-bond acceptors (Lipinski definition) is 6. The summed E-state index contributed by atoms with van der Waals surface area (Å²) in [5, 5.41) is 10.5. The molecular weight excluding hydrogens is 362 g/mol. The zero-order valence-corrected chi connectivity index (χ0v) is 14.2. The second-order valence-corrected chi connectivity index (χ2v) is 7.47. The summed E-state index contributed by atoms with van der Waals surface area (Å²) in [4.78, 5) is 37.5. The minimum Gasteiger partial charge on any atom is -0.507 e. The Bertz CT molecular complexity index is 1070. The van der Waals surface area contributed by atoms with E-state index in [9.17, 15) is 27.9 Å². The van der Waals surface area contributed by atoms with Crippen molar-refractivity contribution in [2.45, 2.75) is 12.2 Å². The minimum atomic E-state index is -4.64. The lowest BCUT2D eigenvalue weighted by Crippen LogP contribution is -2.33. The zero-order valence-electron chi connectivity index (χ0n) is 13.4. The second kappa shape index (κ2) is 6.04. The maximum Gasteiger partial charge on any atom is 0.276 e. The van der Waals surface area contributed by atoms with Gasteiger partial charge in [-0.25, -0.2) is 0 Å². The molecular formula is C17H13NO7S. The van der Waals surface area contributed by atoms with E-state index in [2.05, 4.69) is 5.32 Å². The molecule has 2 aromatic rings. The van der Waals surface area contributed by atoms with Crippen molar-refractivity contribution in [2.75, 3.05) is 5.32 Å². The van der Waals surface area contributed by atoms with E-state index < -0.39 is 38.6 Å². The fourth-order valence-electron chi connectivity index (χ4n) is 2.68. The quantitative estimate of drug-likeness (QED) is 0.464. The van der Waals surface area contributed by atoms with Crippen LogP contribution in [-0.4, -0.2) is 40.8 Å². The number of nitrogens with one attached hydrogen (secondary N) is 1. The Kier molecular flexibility index (Phi) is 4.13. The summed E-state index contributed by atoms with van der Waals surface area (Å²) in [5.41, 5.74) is -0.411. The van der Waals surface area contributed by atoms with Gasteiger partial charge in [-0.1, -0.05) is 24.3 Å². The molecule has 8 nitrogen and oxygen atoms in total. The summed E-state index contributed by atoms with van der Waals surface area (Å²) >= 11 is 0. The number of carbonyl (C=O) groups excluding carboxylic acids is 3. The standard InChI is InChI=1S/C17H13NO7S/c1-8(26(23,24)25)17(22)18-11-6-7-12(19)14-13(11)15(20)9-4-2-3-5-10(9)16(14)21/h2-8,19H,1H3,(H,18,22)(H,23,24,25). The number of anilines is 1. The molecule has 1 unspecified atom stereocenters. The van der Waals surface area contributed by atoms with Crippen LogP contribution in [0.2, 0.25) is 0 Å². The van der Waals surface area contributed by atoms with E-state index in [1.54, 1.807) is 12.1 Å². The molecule has 1 aliphatic rings. The van der Waals surface area contributed by atoms with Crippen molar-refractivity contribution < 1.29 is 32.5 Å². The maximum atomic E-state index is 12.8. The Labute approximate surface area is 148 Å². The fraction of sp³-hybridized carbons (Fsp3) is 0.118. The Morgan fingerprint density at radius 3 is 2.08 bits per heavy atom. The molecule has 0 heterocycles. The highest BCUT2D eigenvalue weighted by molar-refractivity contribution is 7.87. The van der Waals surface area contributed by atoms with E-state index in [-0.39, 0.29) is 27.9 Å². The van der Waals surface area contributed by atoms with Crippen molar-refractivity contribution in [3.8, 4) is 5.75 Å². The Morgan fingerprint density at radius 2 is 1.54 bits per heavy atom. The average Bonchev–Trinajstić information content (AvgIpc) is 2.59. The van der Waals surface area contributed by atoms with Crippen molar-refractivity contribution in [3.63, 3.8) is 0 Å². The van der Waals surface area contributed by atoms with Crippen LogP contribution in [-0.2, 0) is 14.9 Å². The molecule has 0 saturated carbocycles. The number of ketones is 2. The third-order valence-corrected chi connectivity index (χ3v) is 5.24. The monoisotopic (exact) mass is 375 g/mol. The van der Waals surface area contributed by atoms with E-state index in [0.29, 0.717) is 0 Å². The van der Waals surface area contributed by atoms with Crippen LogP contribution in [0, 0.1) is 0 Å². The third kappa shape index (κ3) is 2.76. The highest BCUT2D eigenvalue weighted by Crippen LogP contribution is 2.37. The van der Waals surface area contributed by atoms with Crippen LogP contribution in [0.3, 0.4) is 0 Å². The van der Waals surface area contributed by atoms with Crippen LogP contribution in [0.4, 0.5) is 5.69 Å². The molecule has 26 heavy (non-hydrogen) atoms. The average molecular weight is 375 g/mol. The molecule has 9 heteroatoms. The largest absolute Gasteiger partial charge is 0.507 e. The molecule has 0 aliphatic heterocycles. The molecule has 0 fully saturated rings. The number of phenolic OH excluding ortho intramolecular Hbond substituents is 1. The van der Waals surface area contributed by atoms with Gasteiger partial charge in [-0.05, 0) is 19.1 Å². The van der Waals surface area contributed by atoms with E-state index >= 15 is 0 Å². The van der Waals surface area contributed by atoms with Crippen LogP contribution < -0.4 is 5.32 Å². The smallest absolute Gasteiger partial charge is 0.276 e. The van der Waals surface area contributed by atoms with Crippen molar-refractivity contribution in [1.29, 1.82) is 0 Å². The first kappa shape index (κ1) is 17.8. The molecule has 1 aliphatic carbocycles. The van der Waals surface area contributed by atoms with Gasteiger partial charge in [-0.15, -0.1) is 0 Å². The summed E-state index contributed by atoms with van der Waals surface area (Å²) in [5.74, 6) is -2.71. The lowest BCUT2D eigenvalue weighted by molar-refractivity contribution is -0.115. The Hall–Kier alpha value is -3.04. The normalized spacial score (nSPS) is 14.4. The number of aromatic hydroxyl groups is 1. The van der Waals surface area contributed by atoms with Gasteiger partial charge in [0, 0.05) is 11.1 Å². The van der Waals surface area contributed by atoms with Gasteiger partial charge in [0.05, 0.1) is 16.8 Å². The Morgan fingerprint density at radius 1 is 1.00 bits per heavy atom. The molecule has 0 saturated heterocycles. The first-order chi connectivity index (χ1) is 12.1. The van der Waals surface area contributed by atoms with Gasteiger partial charge >= 0.3 is 0 Å². The number of fused-ring (bicyclic) bond motifs is 2. The lowest BCUT2D eigenvalue weighted by Gasteiger charge is -2.21. The number of amides is 1. The first-order valence-corrected chi connectivity index (χ1v) is 8.94. The Balaban J connectivity index is 2.13. The van der Waals surface area contributed by atoms with Crippen molar-refractivity contribution in [1.82, 2.24) is 0 Å². The molecule has 3 rings (SSSR count). The number of phenols is 1. The predicted octanol–water partition coefficient (Wildman–Crippen LogP) is 1.38. The summed E-state index contributed by atoms with van der Waals surface area (Å²) < 4.78 is 31.2. The number of rotatable bonds is 3. The van der Waals surface area contributed by atoms with Gasteiger partial charge in [0.25, 0.3) is 10.1 Å². The van der Waals surface area contributed by atoms with Gasteiger partial charge in [-0.2, -0.15) is 8.42 Å². The molecule has 3 N–H and O–H groups in total. The number of benzene rings is 2. The number of hydrogen-bond donors (Lipinski definition) is 3. The van der Waals surface area contributed by atoms with E-state index in [4.69, 9.17) is 4.55 Å². The topological polar surface area (TPSA) is 138 Å². The first-order valence-electron chi connectivity index (χ1n) is 7.44. The molecule has 1 atom stereocenters. The lowest BCUT2D eigenvalue weighted by atomic mass is 9.82. The maximum absolute atomic E-state index is 12.8. The van der Waals surface area contributed by atoms with Crippen LogP contribution >= 0.6 is 0 Å². The zero-order chi connectivity index (χ0) is 19.2. The van der Waals surface area contributed by atoms with Gasteiger partial charge < -0.3 is 10.4 Å². The van der Waals surface area contributed by atoms with E-state index in [0.717, 1.165) is 13.0 Å². The van der Waals surface area contributed by atoms with Crippen LogP contribution in [0.5, 0.6) is 5.75 Å². The molecule has 134 valence electrons.